The molecule has 1 aromatic carbocycles. The molecule has 0 unspecified atom stereocenters. The van der Waals surface area contributed by atoms with Gasteiger partial charge in [-0.1, -0.05) is 12.1 Å². The molecule has 8 nitrogen and oxygen atoms in total. The van der Waals surface area contributed by atoms with Crippen LogP contribution in [0.2, 0.25) is 0 Å². The van der Waals surface area contributed by atoms with Gasteiger partial charge in [0.05, 0.1) is 0 Å². The molecule has 0 aliphatic carbocycles. The number of carboxylic acid groups (broad SMARTS) is 1. The monoisotopic (exact) mass is 399 g/mol. The summed E-state index contributed by atoms with van der Waals surface area (Å²) in [6.07, 6.45) is 2.04. The fourth-order valence-electron chi connectivity index (χ4n) is 3.12. The number of hydrogen-bond acceptors (Lipinski definition) is 7. The number of ether oxygens (including phenoxy) is 1. The quantitative estimate of drug-likeness (QED) is 0.664. The lowest BCUT2D eigenvalue weighted by molar-refractivity contribution is -0.139. The SMILES string of the molecule is CC(C)(C)OC=O.O=C(O)Cc1nc(N2CCCC2)c2oc3ccccc3c2n1. The molecule has 154 valence electrons. The number of anilines is 1. The average molecular weight is 399 g/mol. The molecular weight excluding hydrogens is 374 g/mol. The van der Waals surface area contributed by atoms with Gasteiger partial charge in [0.15, 0.2) is 11.4 Å². The molecule has 1 fully saturated rings. The minimum absolute atomic E-state index is 0.184. The second-order valence-electron chi connectivity index (χ2n) is 7.83. The van der Waals surface area contributed by atoms with Crippen molar-refractivity contribution in [2.24, 2.45) is 0 Å². The topological polar surface area (TPSA) is 106 Å². The molecule has 0 saturated carbocycles. The highest BCUT2D eigenvalue weighted by molar-refractivity contribution is 6.05. The zero-order chi connectivity index (χ0) is 21.0. The van der Waals surface area contributed by atoms with Crippen LogP contribution in [0.4, 0.5) is 5.82 Å². The molecule has 0 bridgehead atoms. The molecule has 8 heteroatoms. The summed E-state index contributed by atoms with van der Waals surface area (Å²) in [6, 6.07) is 7.66. The van der Waals surface area contributed by atoms with Gasteiger partial charge in [0.25, 0.3) is 6.47 Å². The number of fused-ring (bicyclic) bond motifs is 3. The number of benzene rings is 1. The summed E-state index contributed by atoms with van der Waals surface area (Å²) in [5, 5.41) is 9.94. The van der Waals surface area contributed by atoms with Gasteiger partial charge < -0.3 is 19.2 Å². The summed E-state index contributed by atoms with van der Waals surface area (Å²) in [7, 11) is 0. The molecule has 1 saturated heterocycles. The van der Waals surface area contributed by atoms with E-state index in [0.717, 1.165) is 42.7 Å². The van der Waals surface area contributed by atoms with Crippen molar-refractivity contribution in [2.75, 3.05) is 18.0 Å². The molecule has 0 atom stereocenters. The van der Waals surface area contributed by atoms with Crippen LogP contribution in [0.3, 0.4) is 0 Å². The van der Waals surface area contributed by atoms with Crippen molar-refractivity contribution in [3.05, 3.63) is 30.1 Å². The van der Waals surface area contributed by atoms with Crippen LogP contribution in [0, 0.1) is 0 Å². The number of hydrogen-bond donors (Lipinski definition) is 1. The van der Waals surface area contributed by atoms with E-state index in [4.69, 9.17) is 9.52 Å². The van der Waals surface area contributed by atoms with Gasteiger partial charge in [-0.2, -0.15) is 0 Å². The summed E-state index contributed by atoms with van der Waals surface area (Å²) in [5.74, 6) is 0.114. The van der Waals surface area contributed by atoms with Gasteiger partial charge in [0.1, 0.15) is 28.9 Å². The lowest BCUT2D eigenvalue weighted by Gasteiger charge is -2.16. The van der Waals surface area contributed by atoms with Gasteiger partial charge in [-0.3, -0.25) is 9.59 Å². The number of aromatic nitrogens is 2. The van der Waals surface area contributed by atoms with Crippen LogP contribution in [-0.2, 0) is 20.7 Å². The van der Waals surface area contributed by atoms with E-state index in [2.05, 4.69) is 19.6 Å². The van der Waals surface area contributed by atoms with Crippen molar-refractivity contribution in [1.82, 2.24) is 9.97 Å². The molecule has 1 aliphatic rings. The second-order valence-corrected chi connectivity index (χ2v) is 7.83. The first-order valence-electron chi connectivity index (χ1n) is 9.55. The molecular formula is C21H25N3O5. The van der Waals surface area contributed by atoms with Crippen LogP contribution < -0.4 is 4.90 Å². The van der Waals surface area contributed by atoms with Gasteiger partial charge >= 0.3 is 5.97 Å². The number of carbonyl (C=O) groups excluding carboxylic acids is 1. The first-order chi connectivity index (χ1) is 13.8. The van der Waals surface area contributed by atoms with Crippen LogP contribution in [0.15, 0.2) is 28.7 Å². The molecule has 29 heavy (non-hydrogen) atoms. The fourth-order valence-corrected chi connectivity index (χ4v) is 3.12. The van der Waals surface area contributed by atoms with Crippen molar-refractivity contribution >= 4 is 40.3 Å². The Morgan fingerprint density at radius 2 is 1.93 bits per heavy atom. The first-order valence-corrected chi connectivity index (χ1v) is 9.55. The maximum absolute atomic E-state index is 11.0. The lowest BCUT2D eigenvalue weighted by atomic mass is 10.2. The molecule has 4 rings (SSSR count). The number of furan rings is 1. The fraction of sp³-hybridized carbons (Fsp3) is 0.429. The van der Waals surface area contributed by atoms with E-state index < -0.39 is 5.97 Å². The normalized spacial score (nSPS) is 14.0. The average Bonchev–Trinajstić information content (AvgIpc) is 3.28. The smallest absolute Gasteiger partial charge is 0.311 e. The number of carboxylic acids is 1. The number of rotatable bonds is 4. The van der Waals surface area contributed by atoms with Crippen LogP contribution in [-0.4, -0.2) is 46.2 Å². The number of carbonyl (C=O) groups is 2. The summed E-state index contributed by atoms with van der Waals surface area (Å²) >= 11 is 0. The Bertz CT molecular complexity index is 1020. The van der Waals surface area contributed by atoms with Crippen molar-refractivity contribution in [1.29, 1.82) is 0 Å². The van der Waals surface area contributed by atoms with E-state index >= 15 is 0 Å². The molecule has 0 spiro atoms. The van der Waals surface area contributed by atoms with E-state index in [-0.39, 0.29) is 12.0 Å². The molecule has 3 heterocycles. The third-order valence-electron chi connectivity index (χ3n) is 4.36. The zero-order valence-corrected chi connectivity index (χ0v) is 16.8. The van der Waals surface area contributed by atoms with Gasteiger partial charge in [-0.15, -0.1) is 0 Å². The Labute approximate surface area is 168 Å². The van der Waals surface area contributed by atoms with Crippen LogP contribution in [0.1, 0.15) is 39.4 Å². The molecule has 3 aromatic rings. The summed E-state index contributed by atoms with van der Waals surface area (Å²) in [4.78, 5) is 31.7. The Morgan fingerprint density at radius 3 is 2.52 bits per heavy atom. The maximum atomic E-state index is 11.0. The van der Waals surface area contributed by atoms with E-state index in [1.165, 1.54) is 0 Å². The van der Waals surface area contributed by atoms with Gasteiger partial charge in [-0.25, -0.2) is 9.97 Å². The highest BCUT2D eigenvalue weighted by Gasteiger charge is 2.22. The molecule has 1 N–H and O–H groups in total. The molecule has 0 amide bonds. The first kappa shape index (κ1) is 20.6. The standard InChI is InChI=1S/C16H15N3O3.C5H10O2/c20-13(21)9-12-17-14-10-5-1-2-6-11(10)22-15(14)16(18-12)19-7-3-4-8-19;1-5(2,3)7-4-6/h1-2,5-6H,3-4,7-9H2,(H,20,21);4H,1-3H3. The molecule has 1 aliphatic heterocycles. The van der Waals surface area contributed by atoms with E-state index in [1.54, 1.807) is 0 Å². The molecule has 0 radical (unpaired) electrons. The van der Waals surface area contributed by atoms with Crippen LogP contribution >= 0.6 is 0 Å². The highest BCUT2D eigenvalue weighted by Crippen LogP contribution is 2.34. The number of para-hydroxylation sites is 1. The number of aliphatic carboxylic acids is 1. The van der Waals surface area contributed by atoms with E-state index in [9.17, 15) is 9.59 Å². The minimum Gasteiger partial charge on any atom is -0.481 e. The largest absolute Gasteiger partial charge is 0.481 e. The molecule has 2 aromatic heterocycles. The predicted molar refractivity (Wildman–Crippen MR) is 109 cm³/mol. The summed E-state index contributed by atoms with van der Waals surface area (Å²) < 4.78 is 10.5. The Balaban J connectivity index is 0.000000298. The van der Waals surface area contributed by atoms with E-state index in [1.807, 2.05) is 45.0 Å². The van der Waals surface area contributed by atoms with E-state index in [0.29, 0.717) is 23.4 Å². The second kappa shape index (κ2) is 8.46. The van der Waals surface area contributed by atoms with Crippen LogP contribution in [0.5, 0.6) is 0 Å². The Kier molecular flexibility index (Phi) is 6.00. The minimum atomic E-state index is -0.931. The lowest BCUT2D eigenvalue weighted by Crippen LogP contribution is -2.20. The zero-order valence-electron chi connectivity index (χ0n) is 16.8. The van der Waals surface area contributed by atoms with Crippen molar-refractivity contribution in [3.63, 3.8) is 0 Å². The van der Waals surface area contributed by atoms with Gasteiger partial charge in [0, 0.05) is 18.5 Å². The predicted octanol–water partition coefficient (Wildman–Crippen LogP) is 3.56. The summed E-state index contributed by atoms with van der Waals surface area (Å²) in [5.41, 5.74) is 1.78. The number of nitrogens with zero attached hydrogens (tertiary/aromatic N) is 3. The third-order valence-corrected chi connectivity index (χ3v) is 4.36. The van der Waals surface area contributed by atoms with Crippen LogP contribution in [0.25, 0.3) is 22.1 Å². The Morgan fingerprint density at radius 1 is 1.24 bits per heavy atom. The summed E-state index contributed by atoms with van der Waals surface area (Å²) in [6.45, 7) is 7.75. The van der Waals surface area contributed by atoms with Crippen molar-refractivity contribution < 1.29 is 23.8 Å². The Hall–Kier alpha value is -3.16. The van der Waals surface area contributed by atoms with Gasteiger partial charge in [0.2, 0.25) is 0 Å². The van der Waals surface area contributed by atoms with Gasteiger partial charge in [-0.05, 0) is 45.7 Å². The van der Waals surface area contributed by atoms with Crippen molar-refractivity contribution in [3.8, 4) is 0 Å². The maximum Gasteiger partial charge on any atom is 0.311 e. The third kappa shape index (κ3) is 5.01. The van der Waals surface area contributed by atoms with Crippen molar-refractivity contribution in [2.45, 2.75) is 45.6 Å². The highest BCUT2D eigenvalue weighted by atomic mass is 16.5.